The molecule has 0 radical (unpaired) electrons. The van der Waals surface area contributed by atoms with E-state index in [1.54, 1.807) is 0 Å². The lowest BCUT2D eigenvalue weighted by atomic mass is 10.0. The summed E-state index contributed by atoms with van der Waals surface area (Å²) >= 11 is 0. The zero-order chi connectivity index (χ0) is 18.2. The van der Waals surface area contributed by atoms with Crippen molar-refractivity contribution in [1.29, 1.82) is 0 Å². The van der Waals surface area contributed by atoms with Gasteiger partial charge >= 0.3 is 0 Å². The molecule has 0 fully saturated rings. The van der Waals surface area contributed by atoms with E-state index >= 15 is 0 Å². The quantitative estimate of drug-likeness (QED) is 0.537. The molecule has 0 amide bonds. The third-order valence-electron chi connectivity index (χ3n) is 4.81. The Morgan fingerprint density at radius 2 is 1.23 bits per heavy atom. The normalized spacial score (nSPS) is 13.5. The molecule has 2 atom stereocenters. The van der Waals surface area contributed by atoms with Crippen molar-refractivity contribution in [3.63, 3.8) is 0 Å². The van der Waals surface area contributed by atoms with Crippen molar-refractivity contribution in [3.8, 4) is 0 Å². The molecule has 2 unspecified atom stereocenters. The van der Waals surface area contributed by atoms with Crippen molar-refractivity contribution in [2.24, 2.45) is 0 Å². The van der Waals surface area contributed by atoms with Crippen LogP contribution in [0.3, 0.4) is 0 Å². The molecular weight excluding hydrogens is 318 g/mol. The molecule has 3 rings (SSSR count). The summed E-state index contributed by atoms with van der Waals surface area (Å²) in [5.41, 5.74) is 3.74. The smallest absolute Gasteiger partial charge is 0.0981 e. The summed E-state index contributed by atoms with van der Waals surface area (Å²) in [7, 11) is 2.17. The lowest BCUT2D eigenvalue weighted by Crippen LogP contribution is -2.35. The highest BCUT2D eigenvalue weighted by atomic mass is 16.5. The van der Waals surface area contributed by atoms with Crippen molar-refractivity contribution in [3.05, 3.63) is 108 Å². The van der Waals surface area contributed by atoms with Crippen molar-refractivity contribution >= 4 is 0 Å². The summed E-state index contributed by atoms with van der Waals surface area (Å²) < 4.78 is 6.39. The average Bonchev–Trinajstić information content (AvgIpc) is 2.70. The summed E-state index contributed by atoms with van der Waals surface area (Å²) in [5, 5.41) is 0. The van der Waals surface area contributed by atoms with Crippen molar-refractivity contribution < 1.29 is 4.74 Å². The molecule has 0 aliphatic heterocycles. The number of ether oxygens (including phenoxy) is 1. The number of rotatable bonds is 8. The van der Waals surface area contributed by atoms with Gasteiger partial charge in [-0.2, -0.15) is 0 Å². The second-order valence-electron chi connectivity index (χ2n) is 6.77. The molecule has 0 aliphatic carbocycles. The van der Waals surface area contributed by atoms with Gasteiger partial charge in [-0.3, -0.25) is 4.90 Å². The van der Waals surface area contributed by atoms with Crippen LogP contribution in [0.15, 0.2) is 91.0 Å². The Morgan fingerprint density at radius 3 is 1.81 bits per heavy atom. The molecule has 0 saturated carbocycles. The van der Waals surface area contributed by atoms with E-state index in [9.17, 15) is 0 Å². The highest BCUT2D eigenvalue weighted by molar-refractivity contribution is 5.20. The van der Waals surface area contributed by atoms with E-state index in [4.69, 9.17) is 4.74 Å². The van der Waals surface area contributed by atoms with Crippen molar-refractivity contribution in [1.82, 2.24) is 4.90 Å². The average molecular weight is 345 g/mol. The van der Waals surface area contributed by atoms with Crippen molar-refractivity contribution in [2.75, 3.05) is 7.05 Å². The third kappa shape index (κ3) is 5.04. The zero-order valence-corrected chi connectivity index (χ0v) is 15.6. The maximum absolute atomic E-state index is 6.39. The van der Waals surface area contributed by atoms with E-state index in [-0.39, 0.29) is 12.1 Å². The summed E-state index contributed by atoms with van der Waals surface area (Å²) in [6.45, 7) is 3.76. The van der Waals surface area contributed by atoms with Gasteiger partial charge in [-0.1, -0.05) is 91.0 Å². The van der Waals surface area contributed by atoms with E-state index < -0.39 is 0 Å². The van der Waals surface area contributed by atoms with Gasteiger partial charge in [0.25, 0.3) is 0 Å². The molecule has 2 nitrogen and oxygen atoms in total. The van der Waals surface area contributed by atoms with Crippen molar-refractivity contribution in [2.45, 2.75) is 32.2 Å². The van der Waals surface area contributed by atoms with Crippen LogP contribution in [-0.4, -0.2) is 18.0 Å². The maximum atomic E-state index is 6.39. The van der Waals surface area contributed by atoms with Crippen LogP contribution in [0.4, 0.5) is 0 Å². The molecule has 134 valence electrons. The first-order valence-corrected chi connectivity index (χ1v) is 9.18. The second-order valence-corrected chi connectivity index (χ2v) is 6.77. The second kappa shape index (κ2) is 9.33. The monoisotopic (exact) mass is 345 g/mol. The van der Waals surface area contributed by atoms with Gasteiger partial charge in [-0.25, -0.2) is 0 Å². The third-order valence-corrected chi connectivity index (χ3v) is 4.81. The van der Waals surface area contributed by atoms with E-state index in [1.807, 2.05) is 6.07 Å². The summed E-state index contributed by atoms with van der Waals surface area (Å²) in [4.78, 5) is 2.36. The molecule has 0 bridgehead atoms. The SMILES string of the molecule is CC(C(OCc1ccccc1)c1ccccc1)N(C)Cc1ccccc1. The fourth-order valence-electron chi connectivity index (χ4n) is 3.16. The van der Waals surface area contributed by atoms with Gasteiger partial charge in [0.15, 0.2) is 0 Å². The number of hydrogen-bond acceptors (Lipinski definition) is 2. The first-order valence-electron chi connectivity index (χ1n) is 9.18. The minimum atomic E-state index is 0.0186. The zero-order valence-electron chi connectivity index (χ0n) is 15.6. The van der Waals surface area contributed by atoms with Crippen LogP contribution in [0.1, 0.15) is 29.7 Å². The van der Waals surface area contributed by atoms with Crippen LogP contribution in [0.5, 0.6) is 0 Å². The minimum absolute atomic E-state index is 0.0186. The largest absolute Gasteiger partial charge is 0.367 e. The Labute approximate surface area is 157 Å². The lowest BCUT2D eigenvalue weighted by molar-refractivity contribution is -0.0156. The molecule has 2 heteroatoms. The Hall–Kier alpha value is -2.42. The van der Waals surface area contributed by atoms with Gasteiger partial charge < -0.3 is 4.74 Å². The first kappa shape index (κ1) is 18.4. The Morgan fingerprint density at radius 1 is 0.731 bits per heavy atom. The van der Waals surface area contributed by atoms with E-state index in [1.165, 1.54) is 16.7 Å². The Kier molecular flexibility index (Phi) is 6.59. The van der Waals surface area contributed by atoms with Crippen LogP contribution in [0, 0.1) is 0 Å². The molecule has 0 N–H and O–H groups in total. The molecule has 26 heavy (non-hydrogen) atoms. The number of nitrogens with zero attached hydrogens (tertiary/aromatic N) is 1. The number of benzene rings is 3. The van der Waals surface area contributed by atoms with Crippen LogP contribution in [0.25, 0.3) is 0 Å². The van der Waals surface area contributed by atoms with E-state index in [2.05, 4.69) is 104 Å². The fourth-order valence-corrected chi connectivity index (χ4v) is 3.16. The van der Waals surface area contributed by atoms with Gasteiger partial charge in [-0.05, 0) is 30.7 Å². The molecule has 3 aromatic carbocycles. The van der Waals surface area contributed by atoms with Crippen LogP contribution in [0.2, 0.25) is 0 Å². The first-order chi connectivity index (χ1) is 12.7. The van der Waals surface area contributed by atoms with Gasteiger partial charge in [0.1, 0.15) is 0 Å². The van der Waals surface area contributed by atoms with Gasteiger partial charge in [0, 0.05) is 12.6 Å². The van der Waals surface area contributed by atoms with E-state index in [0.29, 0.717) is 6.61 Å². The number of likely N-dealkylation sites (N-methyl/N-ethyl adjacent to an activating group) is 1. The Balaban J connectivity index is 1.73. The van der Waals surface area contributed by atoms with E-state index in [0.717, 1.165) is 6.54 Å². The van der Waals surface area contributed by atoms with Gasteiger partial charge in [0.05, 0.1) is 12.7 Å². The minimum Gasteiger partial charge on any atom is -0.367 e. The van der Waals surface area contributed by atoms with Crippen LogP contribution < -0.4 is 0 Å². The molecule has 0 aromatic heterocycles. The van der Waals surface area contributed by atoms with Gasteiger partial charge in [0.2, 0.25) is 0 Å². The standard InChI is InChI=1S/C24H27NO/c1-20(25(2)18-21-12-6-3-7-13-21)24(23-16-10-5-11-17-23)26-19-22-14-8-4-9-15-22/h3-17,20,24H,18-19H2,1-2H3. The molecule has 0 saturated heterocycles. The molecule has 0 aliphatic rings. The predicted molar refractivity (Wildman–Crippen MR) is 108 cm³/mol. The highest BCUT2D eigenvalue weighted by Crippen LogP contribution is 2.26. The van der Waals surface area contributed by atoms with Crippen LogP contribution in [-0.2, 0) is 17.9 Å². The number of hydrogen-bond donors (Lipinski definition) is 0. The highest BCUT2D eigenvalue weighted by Gasteiger charge is 2.23. The van der Waals surface area contributed by atoms with Crippen LogP contribution >= 0.6 is 0 Å². The molecule has 0 heterocycles. The molecular formula is C24H27NO. The lowest BCUT2D eigenvalue weighted by Gasteiger charge is -2.32. The summed E-state index contributed by atoms with van der Waals surface area (Å²) in [6, 6.07) is 31.7. The maximum Gasteiger partial charge on any atom is 0.0981 e. The summed E-state index contributed by atoms with van der Waals surface area (Å²) in [6.07, 6.45) is 0.0186. The predicted octanol–water partition coefficient (Wildman–Crippen LogP) is 5.47. The topological polar surface area (TPSA) is 12.5 Å². The molecule has 3 aromatic rings. The Bertz CT molecular complexity index is 758. The molecule has 0 spiro atoms. The summed E-state index contributed by atoms with van der Waals surface area (Å²) in [5.74, 6) is 0. The van der Waals surface area contributed by atoms with Gasteiger partial charge in [-0.15, -0.1) is 0 Å². The fraction of sp³-hybridized carbons (Fsp3) is 0.250.